The van der Waals surface area contributed by atoms with E-state index in [1.54, 1.807) is 16.3 Å². The summed E-state index contributed by atoms with van der Waals surface area (Å²) in [6.07, 6.45) is 2.49. The number of sulfonamides is 1. The van der Waals surface area contributed by atoms with Crippen LogP contribution in [0, 0.1) is 6.92 Å². The minimum Gasteiger partial charge on any atom is -0.315 e. The Kier molecular flexibility index (Phi) is 5.58. The summed E-state index contributed by atoms with van der Waals surface area (Å²) in [5, 5.41) is 0. The van der Waals surface area contributed by atoms with Crippen LogP contribution in [0.4, 0.5) is 5.69 Å². The molecule has 0 bridgehead atoms. The number of hydrogen-bond acceptors (Lipinski definition) is 3. The molecule has 0 atom stereocenters. The van der Waals surface area contributed by atoms with Crippen LogP contribution in [0.15, 0.2) is 24.3 Å². The Morgan fingerprint density at radius 2 is 1.95 bits per heavy atom. The van der Waals surface area contributed by atoms with Gasteiger partial charge in [0.15, 0.2) is 0 Å². The number of amides is 1. The van der Waals surface area contributed by atoms with E-state index in [1.807, 2.05) is 31.2 Å². The lowest BCUT2D eigenvalue weighted by molar-refractivity contribution is -0.118. The lowest BCUT2D eigenvalue weighted by Gasteiger charge is -2.19. The highest BCUT2D eigenvalue weighted by molar-refractivity contribution is 7.89. The van der Waals surface area contributed by atoms with Gasteiger partial charge in [0.1, 0.15) is 0 Å². The molecule has 22 heavy (non-hydrogen) atoms. The quantitative estimate of drug-likeness (QED) is 0.806. The second-order valence-corrected chi connectivity index (χ2v) is 7.91. The monoisotopic (exact) mass is 324 g/mol. The van der Waals surface area contributed by atoms with Crippen molar-refractivity contribution in [2.24, 2.45) is 0 Å². The maximum absolute atomic E-state index is 12.2. The van der Waals surface area contributed by atoms with E-state index in [1.165, 1.54) is 0 Å². The molecular formula is C16H24N2O3S. The zero-order valence-corrected chi connectivity index (χ0v) is 14.1. The Balaban J connectivity index is 1.85. The minimum absolute atomic E-state index is 0.0535. The summed E-state index contributed by atoms with van der Waals surface area (Å²) in [6.45, 7) is 3.23. The maximum Gasteiger partial charge on any atom is 0.226 e. The molecule has 122 valence electrons. The molecule has 0 spiro atoms. The molecule has 1 aliphatic heterocycles. The van der Waals surface area contributed by atoms with Crippen molar-refractivity contribution in [1.82, 2.24) is 4.31 Å². The number of benzene rings is 1. The van der Waals surface area contributed by atoms with Crippen molar-refractivity contribution >= 4 is 21.6 Å². The molecule has 2 rings (SSSR count). The highest BCUT2D eigenvalue weighted by Gasteiger charge is 2.25. The normalized spacial score (nSPS) is 15.9. The van der Waals surface area contributed by atoms with Crippen LogP contribution in [0.1, 0.15) is 31.2 Å². The molecule has 1 aromatic carbocycles. The highest BCUT2D eigenvalue weighted by atomic mass is 32.2. The molecule has 1 fully saturated rings. The third-order valence-corrected chi connectivity index (χ3v) is 5.97. The summed E-state index contributed by atoms with van der Waals surface area (Å²) in [5.41, 5.74) is 1.93. The van der Waals surface area contributed by atoms with Crippen molar-refractivity contribution in [2.75, 3.05) is 30.8 Å². The van der Waals surface area contributed by atoms with Crippen LogP contribution >= 0.6 is 0 Å². The van der Waals surface area contributed by atoms with Crippen LogP contribution in [0.2, 0.25) is 0 Å². The van der Waals surface area contributed by atoms with Crippen molar-refractivity contribution < 1.29 is 13.2 Å². The average Bonchev–Trinajstić information content (AvgIpc) is 3.01. The van der Waals surface area contributed by atoms with Gasteiger partial charge in [-0.15, -0.1) is 0 Å². The Bertz CT molecular complexity index is 622. The SMILES string of the molecule is Cc1cccc(N(C)C(=O)CCCS(=O)(=O)N2CCCC2)c1. The lowest BCUT2D eigenvalue weighted by atomic mass is 10.2. The average molecular weight is 324 g/mol. The summed E-state index contributed by atoms with van der Waals surface area (Å²) in [4.78, 5) is 13.8. The Morgan fingerprint density at radius 3 is 2.59 bits per heavy atom. The molecular weight excluding hydrogens is 300 g/mol. The first-order valence-electron chi connectivity index (χ1n) is 7.71. The molecule has 1 aromatic rings. The zero-order valence-electron chi connectivity index (χ0n) is 13.3. The van der Waals surface area contributed by atoms with Gasteiger partial charge in [0.25, 0.3) is 0 Å². The number of carbonyl (C=O) groups excluding carboxylic acids is 1. The van der Waals surface area contributed by atoms with E-state index in [4.69, 9.17) is 0 Å². The van der Waals surface area contributed by atoms with Crippen LogP contribution in [0.5, 0.6) is 0 Å². The molecule has 0 saturated carbocycles. The van der Waals surface area contributed by atoms with Gasteiger partial charge in [-0.2, -0.15) is 0 Å². The molecule has 1 heterocycles. The predicted molar refractivity (Wildman–Crippen MR) is 88.4 cm³/mol. The number of carbonyl (C=O) groups is 1. The third kappa shape index (κ3) is 4.30. The van der Waals surface area contributed by atoms with E-state index >= 15 is 0 Å². The minimum atomic E-state index is -3.19. The van der Waals surface area contributed by atoms with Crippen molar-refractivity contribution in [3.8, 4) is 0 Å². The second kappa shape index (κ2) is 7.24. The molecule has 1 amide bonds. The van der Waals surface area contributed by atoms with Gasteiger partial charge in [0, 0.05) is 32.2 Å². The Hall–Kier alpha value is -1.40. The summed E-state index contributed by atoms with van der Waals surface area (Å²) < 4.78 is 25.7. The van der Waals surface area contributed by atoms with Gasteiger partial charge in [0.05, 0.1) is 5.75 Å². The van der Waals surface area contributed by atoms with Crippen LogP contribution in [-0.4, -0.2) is 44.5 Å². The zero-order chi connectivity index (χ0) is 16.2. The fraction of sp³-hybridized carbons (Fsp3) is 0.562. The van der Waals surface area contributed by atoms with Gasteiger partial charge in [-0.05, 0) is 43.9 Å². The smallest absolute Gasteiger partial charge is 0.226 e. The second-order valence-electron chi connectivity index (χ2n) is 5.82. The summed E-state index contributed by atoms with van der Waals surface area (Å²) in [6, 6.07) is 7.71. The standard InChI is InChI=1S/C16H24N2O3S/c1-14-7-5-8-15(13-14)17(2)16(19)9-6-12-22(20,21)18-10-3-4-11-18/h5,7-8,13H,3-4,6,9-12H2,1-2H3. The largest absolute Gasteiger partial charge is 0.315 e. The molecule has 5 nitrogen and oxygen atoms in total. The Morgan fingerprint density at radius 1 is 1.27 bits per heavy atom. The molecule has 0 radical (unpaired) electrons. The van der Waals surface area contributed by atoms with Crippen molar-refractivity contribution in [2.45, 2.75) is 32.6 Å². The molecule has 0 N–H and O–H groups in total. The summed E-state index contributed by atoms with van der Waals surface area (Å²) in [5.74, 6) is 0.00245. The van der Waals surface area contributed by atoms with E-state index in [0.29, 0.717) is 19.5 Å². The summed E-state index contributed by atoms with van der Waals surface area (Å²) >= 11 is 0. The van der Waals surface area contributed by atoms with Crippen LogP contribution in [0.3, 0.4) is 0 Å². The topological polar surface area (TPSA) is 57.7 Å². The first-order valence-corrected chi connectivity index (χ1v) is 9.32. The first kappa shape index (κ1) is 17.0. The number of hydrogen-bond donors (Lipinski definition) is 0. The number of anilines is 1. The van der Waals surface area contributed by atoms with Gasteiger partial charge in [-0.3, -0.25) is 4.79 Å². The number of rotatable bonds is 6. The molecule has 6 heteroatoms. The van der Waals surface area contributed by atoms with E-state index in [2.05, 4.69) is 0 Å². The lowest BCUT2D eigenvalue weighted by Crippen LogP contribution is -2.31. The number of nitrogens with zero attached hydrogens (tertiary/aromatic N) is 2. The predicted octanol–water partition coefficient (Wildman–Crippen LogP) is 2.16. The van der Waals surface area contributed by atoms with Crippen LogP contribution in [0.25, 0.3) is 0 Å². The van der Waals surface area contributed by atoms with Gasteiger partial charge in [-0.1, -0.05) is 12.1 Å². The van der Waals surface area contributed by atoms with E-state index in [-0.39, 0.29) is 18.1 Å². The van der Waals surface area contributed by atoms with Crippen LogP contribution < -0.4 is 4.90 Å². The van der Waals surface area contributed by atoms with E-state index in [9.17, 15) is 13.2 Å². The first-order chi connectivity index (χ1) is 10.4. The fourth-order valence-corrected chi connectivity index (χ4v) is 4.23. The maximum atomic E-state index is 12.2. The van der Waals surface area contributed by atoms with Gasteiger partial charge in [0.2, 0.25) is 15.9 Å². The van der Waals surface area contributed by atoms with E-state index < -0.39 is 10.0 Å². The molecule has 0 aromatic heterocycles. The van der Waals surface area contributed by atoms with E-state index in [0.717, 1.165) is 24.1 Å². The molecule has 0 aliphatic carbocycles. The Labute approximate surface area is 133 Å². The van der Waals surface area contributed by atoms with Gasteiger partial charge in [-0.25, -0.2) is 12.7 Å². The molecule has 1 saturated heterocycles. The van der Waals surface area contributed by atoms with Gasteiger partial charge < -0.3 is 4.90 Å². The van der Waals surface area contributed by atoms with Crippen molar-refractivity contribution in [3.05, 3.63) is 29.8 Å². The van der Waals surface area contributed by atoms with Crippen molar-refractivity contribution in [3.63, 3.8) is 0 Å². The van der Waals surface area contributed by atoms with Crippen LogP contribution in [-0.2, 0) is 14.8 Å². The summed E-state index contributed by atoms with van der Waals surface area (Å²) in [7, 11) is -1.46. The molecule has 1 aliphatic rings. The van der Waals surface area contributed by atoms with Gasteiger partial charge >= 0.3 is 0 Å². The molecule has 0 unspecified atom stereocenters. The number of aryl methyl sites for hydroxylation is 1. The third-order valence-electron chi connectivity index (χ3n) is 4.01. The fourth-order valence-electron chi connectivity index (χ4n) is 2.65. The van der Waals surface area contributed by atoms with Crippen molar-refractivity contribution in [1.29, 1.82) is 0 Å². The highest BCUT2D eigenvalue weighted by Crippen LogP contribution is 2.17.